The van der Waals surface area contributed by atoms with Crippen LogP contribution < -0.4 is 10.6 Å². The summed E-state index contributed by atoms with van der Waals surface area (Å²) in [6.45, 7) is 4.79. The molecule has 0 radical (unpaired) electrons. The fourth-order valence-electron chi connectivity index (χ4n) is 2.47. The Morgan fingerprint density at radius 2 is 1.67 bits per heavy atom. The molecular formula is C18H25N3O2S. The molecule has 24 heavy (non-hydrogen) atoms. The summed E-state index contributed by atoms with van der Waals surface area (Å²) in [5, 5.41) is 0. The van der Waals surface area contributed by atoms with Crippen molar-refractivity contribution in [2.24, 2.45) is 0 Å². The number of nitrogen functional groups attached to an aromatic ring is 1. The molecule has 0 fully saturated rings. The monoisotopic (exact) mass is 347 g/mol. The molecule has 0 aliphatic heterocycles. The van der Waals surface area contributed by atoms with Gasteiger partial charge in [0.15, 0.2) is 0 Å². The summed E-state index contributed by atoms with van der Waals surface area (Å²) in [7, 11) is -0.450. The molecule has 0 amide bonds. The SMILES string of the molecule is CC(C)N(Cc1ccccc1)c1cc(S(=O)(=O)N(C)C)ccc1N. The van der Waals surface area contributed by atoms with Crippen molar-refractivity contribution >= 4 is 21.4 Å². The largest absolute Gasteiger partial charge is 0.397 e. The van der Waals surface area contributed by atoms with Gasteiger partial charge in [-0.15, -0.1) is 0 Å². The Hall–Kier alpha value is -2.05. The van der Waals surface area contributed by atoms with E-state index in [-0.39, 0.29) is 10.9 Å². The Bertz CT molecular complexity index is 787. The number of anilines is 2. The molecule has 0 spiro atoms. The molecule has 0 aliphatic rings. The van der Waals surface area contributed by atoms with Crippen molar-refractivity contribution in [3.8, 4) is 0 Å². The molecule has 0 unspecified atom stereocenters. The molecule has 0 bridgehead atoms. The molecule has 5 nitrogen and oxygen atoms in total. The van der Waals surface area contributed by atoms with Crippen molar-refractivity contribution in [3.63, 3.8) is 0 Å². The van der Waals surface area contributed by atoms with Crippen molar-refractivity contribution in [1.82, 2.24) is 4.31 Å². The highest BCUT2D eigenvalue weighted by molar-refractivity contribution is 7.89. The summed E-state index contributed by atoms with van der Waals surface area (Å²) in [5.41, 5.74) is 8.60. The lowest BCUT2D eigenvalue weighted by molar-refractivity contribution is 0.520. The molecule has 0 saturated carbocycles. The zero-order valence-corrected chi connectivity index (χ0v) is 15.4. The van der Waals surface area contributed by atoms with Gasteiger partial charge in [-0.25, -0.2) is 12.7 Å². The second-order valence-electron chi connectivity index (χ2n) is 6.22. The minimum atomic E-state index is -3.50. The number of rotatable bonds is 6. The number of nitrogens with two attached hydrogens (primary N) is 1. The lowest BCUT2D eigenvalue weighted by atomic mass is 10.1. The van der Waals surface area contributed by atoms with Crippen molar-refractivity contribution in [3.05, 3.63) is 54.1 Å². The lowest BCUT2D eigenvalue weighted by Crippen LogP contribution is -2.31. The zero-order chi connectivity index (χ0) is 17.9. The number of sulfonamides is 1. The van der Waals surface area contributed by atoms with Crippen LogP contribution in [0.15, 0.2) is 53.4 Å². The number of benzene rings is 2. The van der Waals surface area contributed by atoms with Crippen molar-refractivity contribution < 1.29 is 8.42 Å². The molecule has 0 aliphatic carbocycles. The third-order valence-corrected chi connectivity index (χ3v) is 5.72. The summed E-state index contributed by atoms with van der Waals surface area (Å²) in [4.78, 5) is 2.36. The van der Waals surface area contributed by atoms with Crippen LogP contribution in [0.4, 0.5) is 11.4 Å². The van der Waals surface area contributed by atoms with Crippen LogP contribution in [-0.4, -0.2) is 32.9 Å². The van der Waals surface area contributed by atoms with Gasteiger partial charge in [0.2, 0.25) is 10.0 Å². The average molecular weight is 347 g/mol. The van der Waals surface area contributed by atoms with Crippen molar-refractivity contribution in [2.45, 2.75) is 31.3 Å². The fraction of sp³-hybridized carbons (Fsp3) is 0.333. The van der Waals surface area contributed by atoms with Crippen LogP contribution in [0.1, 0.15) is 19.4 Å². The van der Waals surface area contributed by atoms with E-state index in [0.717, 1.165) is 11.3 Å². The summed E-state index contributed by atoms with van der Waals surface area (Å²) in [5.74, 6) is 0. The summed E-state index contributed by atoms with van der Waals surface area (Å²) < 4.78 is 26.0. The van der Waals surface area contributed by atoms with Crippen LogP contribution in [-0.2, 0) is 16.6 Å². The fourth-order valence-corrected chi connectivity index (χ4v) is 3.39. The Morgan fingerprint density at radius 3 is 2.21 bits per heavy atom. The molecule has 0 heterocycles. The maximum absolute atomic E-state index is 12.4. The van der Waals surface area contributed by atoms with E-state index >= 15 is 0 Å². The summed E-state index contributed by atoms with van der Waals surface area (Å²) >= 11 is 0. The predicted octanol–water partition coefficient (Wildman–Crippen LogP) is 2.93. The van der Waals surface area contributed by atoms with E-state index in [1.54, 1.807) is 18.2 Å². The van der Waals surface area contributed by atoms with Crippen molar-refractivity contribution in [1.29, 1.82) is 0 Å². The first kappa shape index (κ1) is 18.3. The highest BCUT2D eigenvalue weighted by Gasteiger charge is 2.21. The third-order valence-electron chi connectivity index (χ3n) is 3.91. The van der Waals surface area contributed by atoms with Gasteiger partial charge in [0.05, 0.1) is 16.3 Å². The highest BCUT2D eigenvalue weighted by atomic mass is 32.2. The molecule has 0 aromatic heterocycles. The van der Waals surface area contributed by atoms with E-state index in [1.807, 2.05) is 30.3 Å². The van der Waals surface area contributed by atoms with Crippen LogP contribution in [0.25, 0.3) is 0 Å². The van der Waals surface area contributed by atoms with Crippen molar-refractivity contribution in [2.75, 3.05) is 24.7 Å². The quantitative estimate of drug-likeness (QED) is 0.816. The molecule has 2 N–H and O–H groups in total. The van der Waals surface area contributed by atoms with E-state index in [2.05, 4.69) is 18.7 Å². The molecule has 2 aromatic rings. The van der Waals surface area contributed by atoms with E-state index in [0.29, 0.717) is 12.2 Å². The van der Waals surface area contributed by atoms with Gasteiger partial charge < -0.3 is 10.6 Å². The van der Waals surface area contributed by atoms with E-state index in [9.17, 15) is 8.42 Å². The van der Waals surface area contributed by atoms with Gasteiger partial charge >= 0.3 is 0 Å². The predicted molar refractivity (Wildman–Crippen MR) is 99.5 cm³/mol. The van der Waals surface area contributed by atoms with Crippen LogP contribution in [0.2, 0.25) is 0 Å². The van der Waals surface area contributed by atoms with Gasteiger partial charge in [0.1, 0.15) is 0 Å². The topological polar surface area (TPSA) is 66.6 Å². The molecule has 0 atom stereocenters. The molecular weight excluding hydrogens is 322 g/mol. The number of hydrogen-bond donors (Lipinski definition) is 1. The zero-order valence-electron chi connectivity index (χ0n) is 14.6. The normalized spacial score (nSPS) is 11.9. The van der Waals surface area contributed by atoms with Crippen LogP contribution in [0, 0.1) is 0 Å². The Kier molecular flexibility index (Phi) is 5.51. The highest BCUT2D eigenvalue weighted by Crippen LogP contribution is 2.30. The van der Waals surface area contributed by atoms with Gasteiger partial charge in [0.25, 0.3) is 0 Å². The van der Waals surface area contributed by atoms with E-state index in [4.69, 9.17) is 5.73 Å². The first-order valence-corrected chi connectivity index (χ1v) is 9.30. The maximum Gasteiger partial charge on any atom is 0.242 e. The Labute approximate surface area is 144 Å². The van der Waals surface area contributed by atoms with Gasteiger partial charge in [-0.2, -0.15) is 0 Å². The Morgan fingerprint density at radius 1 is 1.04 bits per heavy atom. The van der Waals surface area contributed by atoms with Gasteiger partial charge in [-0.3, -0.25) is 0 Å². The standard InChI is InChI=1S/C18H25N3O2S/c1-14(2)21(13-15-8-6-5-7-9-15)18-12-16(10-11-17(18)19)24(22,23)20(3)4/h5-12,14H,13,19H2,1-4H3. The van der Waals surface area contributed by atoms with Crippen LogP contribution in [0.5, 0.6) is 0 Å². The minimum Gasteiger partial charge on any atom is -0.397 e. The second kappa shape index (κ2) is 7.23. The maximum atomic E-state index is 12.4. The van der Waals surface area contributed by atoms with Crippen LogP contribution >= 0.6 is 0 Å². The number of hydrogen-bond acceptors (Lipinski definition) is 4. The summed E-state index contributed by atoms with van der Waals surface area (Å²) in [6.07, 6.45) is 0. The molecule has 2 aromatic carbocycles. The van der Waals surface area contributed by atoms with Gasteiger partial charge in [0, 0.05) is 26.7 Å². The molecule has 130 valence electrons. The lowest BCUT2D eigenvalue weighted by Gasteiger charge is -2.31. The molecule has 2 rings (SSSR count). The second-order valence-corrected chi connectivity index (χ2v) is 8.37. The van der Waals surface area contributed by atoms with E-state index < -0.39 is 10.0 Å². The van der Waals surface area contributed by atoms with E-state index in [1.165, 1.54) is 18.4 Å². The molecule has 0 saturated heterocycles. The smallest absolute Gasteiger partial charge is 0.242 e. The Balaban J connectivity index is 2.47. The molecule has 6 heteroatoms. The first-order chi connectivity index (χ1) is 11.2. The third kappa shape index (κ3) is 3.88. The van der Waals surface area contributed by atoms with Gasteiger partial charge in [-0.1, -0.05) is 30.3 Å². The van der Waals surface area contributed by atoms with Gasteiger partial charge in [-0.05, 0) is 37.6 Å². The number of nitrogens with zero attached hydrogens (tertiary/aromatic N) is 2. The average Bonchev–Trinajstić information content (AvgIpc) is 2.53. The minimum absolute atomic E-state index is 0.171. The first-order valence-electron chi connectivity index (χ1n) is 7.86. The van der Waals surface area contributed by atoms with Crippen LogP contribution in [0.3, 0.4) is 0 Å². The summed E-state index contributed by atoms with van der Waals surface area (Å²) in [6, 6.07) is 15.1.